The van der Waals surface area contributed by atoms with Gasteiger partial charge in [0.05, 0.1) is 25.1 Å². The number of esters is 1. The van der Waals surface area contributed by atoms with Crippen LogP contribution in [0.3, 0.4) is 0 Å². The second-order valence-electron chi connectivity index (χ2n) is 10.4. The van der Waals surface area contributed by atoms with Crippen molar-refractivity contribution in [2.24, 2.45) is 11.8 Å². The van der Waals surface area contributed by atoms with Crippen LogP contribution in [-0.2, 0) is 23.9 Å². The molecule has 1 aromatic rings. The SMILES string of the molecule is COC(=O)c1ccc(C(=O)NCC(=O)N(N[C@@H](C)C(=O)O)C(=O)[C@@H]2CCCN(C(=O)CCC3CCNCC3)C2)cc1. The van der Waals surface area contributed by atoms with Gasteiger partial charge in [-0.05, 0) is 82.3 Å². The fraction of sp³-hybridized carbons (Fsp3) is 0.571. The lowest BCUT2D eigenvalue weighted by molar-refractivity contribution is -0.155. The van der Waals surface area contributed by atoms with Crippen molar-refractivity contribution in [2.75, 3.05) is 39.8 Å². The van der Waals surface area contributed by atoms with E-state index in [9.17, 15) is 33.9 Å². The Morgan fingerprint density at radius 2 is 1.73 bits per heavy atom. The van der Waals surface area contributed by atoms with Gasteiger partial charge < -0.3 is 25.4 Å². The van der Waals surface area contributed by atoms with Gasteiger partial charge in [0.25, 0.3) is 11.8 Å². The zero-order valence-electron chi connectivity index (χ0n) is 23.5. The Bertz CT molecular complexity index is 1120. The molecule has 2 fully saturated rings. The van der Waals surface area contributed by atoms with Gasteiger partial charge in [-0.1, -0.05) is 0 Å². The molecule has 0 bridgehead atoms. The lowest BCUT2D eigenvalue weighted by Gasteiger charge is -2.35. The van der Waals surface area contributed by atoms with Crippen molar-refractivity contribution in [3.63, 3.8) is 0 Å². The molecule has 0 unspecified atom stereocenters. The fourth-order valence-corrected chi connectivity index (χ4v) is 4.96. The summed E-state index contributed by atoms with van der Waals surface area (Å²) in [5, 5.41) is 15.7. The van der Waals surface area contributed by atoms with Gasteiger partial charge in [-0.2, -0.15) is 0 Å². The molecule has 41 heavy (non-hydrogen) atoms. The summed E-state index contributed by atoms with van der Waals surface area (Å²) in [5.41, 5.74) is 2.85. The molecule has 4 amide bonds. The number of hydrogen-bond acceptors (Lipinski definition) is 9. The number of hydrogen-bond donors (Lipinski definition) is 4. The molecular weight excluding hydrogens is 534 g/mol. The van der Waals surface area contributed by atoms with Crippen molar-refractivity contribution in [2.45, 2.75) is 51.5 Å². The number of carbonyl (C=O) groups is 6. The summed E-state index contributed by atoms with van der Waals surface area (Å²) < 4.78 is 4.63. The van der Waals surface area contributed by atoms with Gasteiger partial charge in [-0.25, -0.2) is 15.2 Å². The first kappa shape index (κ1) is 31.7. The number of likely N-dealkylation sites (tertiary alicyclic amines) is 1. The molecule has 13 nitrogen and oxygen atoms in total. The summed E-state index contributed by atoms with van der Waals surface area (Å²) >= 11 is 0. The van der Waals surface area contributed by atoms with E-state index in [2.05, 4.69) is 20.8 Å². The van der Waals surface area contributed by atoms with Gasteiger partial charge in [0.2, 0.25) is 11.8 Å². The number of imide groups is 1. The Balaban J connectivity index is 1.61. The molecule has 2 heterocycles. The molecule has 0 aliphatic carbocycles. The van der Waals surface area contributed by atoms with Crippen LogP contribution in [0.4, 0.5) is 0 Å². The number of hydrazine groups is 1. The van der Waals surface area contributed by atoms with Crippen LogP contribution in [-0.4, -0.2) is 96.5 Å². The monoisotopic (exact) mass is 573 g/mol. The third-order valence-electron chi connectivity index (χ3n) is 7.48. The maximum Gasteiger partial charge on any atom is 0.337 e. The second-order valence-corrected chi connectivity index (χ2v) is 10.4. The van der Waals surface area contributed by atoms with E-state index in [1.54, 1.807) is 4.90 Å². The van der Waals surface area contributed by atoms with E-state index in [4.69, 9.17) is 0 Å². The van der Waals surface area contributed by atoms with Crippen molar-refractivity contribution >= 4 is 35.6 Å². The smallest absolute Gasteiger partial charge is 0.337 e. The van der Waals surface area contributed by atoms with Gasteiger partial charge in [-0.3, -0.25) is 24.0 Å². The average molecular weight is 574 g/mol. The van der Waals surface area contributed by atoms with Crippen molar-refractivity contribution in [1.29, 1.82) is 0 Å². The van der Waals surface area contributed by atoms with Crippen molar-refractivity contribution < 1.29 is 38.6 Å². The maximum atomic E-state index is 13.5. The minimum absolute atomic E-state index is 0.0312. The number of carboxylic acids is 1. The van der Waals surface area contributed by atoms with Gasteiger partial charge in [0, 0.05) is 25.1 Å². The highest BCUT2D eigenvalue weighted by Crippen LogP contribution is 2.22. The molecule has 2 aliphatic rings. The number of piperidine rings is 2. The normalized spacial score (nSPS) is 18.2. The standard InChI is InChI=1S/C28H39N5O8/c1-18(27(38)39)31-33(24(35)16-30-25(36)20-6-8-21(9-7-20)28(40)41-2)26(37)22-4-3-15-32(17-22)23(34)10-5-19-11-13-29-14-12-19/h6-9,18-19,22,29,31H,3-5,10-17H2,1-2H3,(H,30,36)(H,38,39)/t18-,22+/m0/s1. The number of ether oxygens (including phenoxy) is 1. The first-order chi connectivity index (χ1) is 19.6. The van der Waals surface area contributed by atoms with E-state index in [0.29, 0.717) is 36.7 Å². The fourth-order valence-electron chi connectivity index (χ4n) is 4.96. The Hall–Kier alpha value is -3.84. The summed E-state index contributed by atoms with van der Waals surface area (Å²) in [4.78, 5) is 76.8. The summed E-state index contributed by atoms with van der Waals surface area (Å²) in [5.74, 6) is -4.21. The third-order valence-corrected chi connectivity index (χ3v) is 7.48. The first-order valence-electron chi connectivity index (χ1n) is 13.9. The van der Waals surface area contributed by atoms with Crippen LogP contribution < -0.4 is 16.1 Å². The first-order valence-corrected chi connectivity index (χ1v) is 13.9. The molecule has 224 valence electrons. The van der Waals surface area contributed by atoms with Crippen molar-refractivity contribution in [3.05, 3.63) is 35.4 Å². The zero-order chi connectivity index (χ0) is 29.9. The quantitative estimate of drug-likeness (QED) is 0.216. The molecule has 2 atom stereocenters. The van der Waals surface area contributed by atoms with E-state index < -0.39 is 48.2 Å². The maximum absolute atomic E-state index is 13.5. The molecule has 3 rings (SSSR count). The van der Waals surface area contributed by atoms with Crippen LogP contribution in [0.25, 0.3) is 0 Å². The number of carboxylic acid groups (broad SMARTS) is 1. The molecule has 2 aliphatic heterocycles. The van der Waals surface area contributed by atoms with E-state index >= 15 is 0 Å². The van der Waals surface area contributed by atoms with E-state index in [0.717, 1.165) is 32.4 Å². The molecule has 0 radical (unpaired) electrons. The second kappa shape index (κ2) is 15.2. The number of benzene rings is 1. The number of nitrogens with zero attached hydrogens (tertiary/aromatic N) is 2. The summed E-state index contributed by atoms with van der Waals surface area (Å²) in [6.07, 6.45) is 4.27. The van der Waals surface area contributed by atoms with E-state index in [1.807, 2.05) is 0 Å². The van der Waals surface area contributed by atoms with Crippen LogP contribution in [0.2, 0.25) is 0 Å². The van der Waals surface area contributed by atoms with Crippen molar-refractivity contribution in [3.8, 4) is 0 Å². The van der Waals surface area contributed by atoms with Gasteiger partial charge >= 0.3 is 11.9 Å². The highest BCUT2D eigenvalue weighted by Gasteiger charge is 2.35. The average Bonchev–Trinajstić information content (AvgIpc) is 3.00. The highest BCUT2D eigenvalue weighted by atomic mass is 16.5. The molecule has 1 aromatic carbocycles. The predicted octanol–water partition coefficient (Wildman–Crippen LogP) is 0.554. The molecule has 0 saturated carbocycles. The number of nitrogens with one attached hydrogen (secondary N) is 3. The molecule has 0 aromatic heterocycles. The minimum Gasteiger partial charge on any atom is -0.480 e. The van der Waals surface area contributed by atoms with Crippen LogP contribution in [0.1, 0.15) is 66.2 Å². The number of aliphatic carboxylic acids is 1. The van der Waals surface area contributed by atoms with E-state index in [-0.39, 0.29) is 23.6 Å². The Morgan fingerprint density at radius 1 is 1.07 bits per heavy atom. The summed E-state index contributed by atoms with van der Waals surface area (Å²) in [6.45, 7) is 3.26. The number of amides is 4. The van der Waals surface area contributed by atoms with Gasteiger partial charge in [0.1, 0.15) is 6.04 Å². The predicted molar refractivity (Wildman–Crippen MR) is 146 cm³/mol. The topological polar surface area (TPSA) is 174 Å². The Kier molecular flexibility index (Phi) is 11.8. The number of methoxy groups -OCH3 is 1. The molecule has 0 spiro atoms. The van der Waals surface area contributed by atoms with Crippen LogP contribution in [0.5, 0.6) is 0 Å². The summed E-state index contributed by atoms with van der Waals surface area (Å²) in [7, 11) is 1.24. The third kappa shape index (κ3) is 9.08. The molecule has 13 heteroatoms. The molecule has 2 saturated heterocycles. The van der Waals surface area contributed by atoms with Crippen molar-refractivity contribution in [1.82, 2.24) is 26.0 Å². The largest absolute Gasteiger partial charge is 0.480 e. The Morgan fingerprint density at radius 3 is 2.37 bits per heavy atom. The lowest BCUT2D eigenvalue weighted by Crippen LogP contribution is -2.58. The molecule has 4 N–H and O–H groups in total. The van der Waals surface area contributed by atoms with Gasteiger partial charge in [0.15, 0.2) is 0 Å². The van der Waals surface area contributed by atoms with Gasteiger partial charge in [-0.15, -0.1) is 0 Å². The lowest BCUT2D eigenvalue weighted by atomic mass is 9.92. The summed E-state index contributed by atoms with van der Waals surface area (Å²) in [6, 6.07) is 4.31. The number of carbonyl (C=O) groups excluding carboxylic acids is 5. The molecular formula is C28H39N5O8. The van der Waals surface area contributed by atoms with E-state index in [1.165, 1.54) is 38.3 Å². The highest BCUT2D eigenvalue weighted by molar-refractivity contribution is 6.01. The number of rotatable bonds is 11. The minimum atomic E-state index is -1.27. The zero-order valence-corrected chi connectivity index (χ0v) is 23.5. The Labute approximate surface area is 238 Å². The van der Waals surface area contributed by atoms with Crippen LogP contribution in [0.15, 0.2) is 24.3 Å². The van der Waals surface area contributed by atoms with Crippen LogP contribution >= 0.6 is 0 Å². The van der Waals surface area contributed by atoms with Crippen LogP contribution in [0, 0.1) is 11.8 Å².